The van der Waals surface area contributed by atoms with Crippen LogP contribution in [0.2, 0.25) is 0 Å². The van der Waals surface area contributed by atoms with Crippen LogP contribution in [0.5, 0.6) is 5.88 Å². The average molecular weight is 300 g/mol. The molecule has 1 atom stereocenters. The monoisotopic (exact) mass is 300 g/mol. The number of rotatable bonds is 5. The number of methoxy groups -OCH3 is 1. The van der Waals surface area contributed by atoms with Gasteiger partial charge in [0.25, 0.3) is 0 Å². The molecule has 2 aromatic rings. The van der Waals surface area contributed by atoms with Crippen LogP contribution in [-0.2, 0) is 4.79 Å². The lowest BCUT2D eigenvalue weighted by atomic mass is 10.0. The van der Waals surface area contributed by atoms with E-state index in [0.717, 1.165) is 5.56 Å². The quantitative estimate of drug-likeness (QED) is 0.917. The maximum absolute atomic E-state index is 12.5. The van der Waals surface area contributed by atoms with Crippen molar-refractivity contribution in [3.05, 3.63) is 42.2 Å². The van der Waals surface area contributed by atoms with Crippen LogP contribution in [0, 0.1) is 0 Å². The van der Waals surface area contributed by atoms with E-state index in [1.807, 2.05) is 51.4 Å². The summed E-state index contributed by atoms with van der Waals surface area (Å²) in [5.41, 5.74) is 1.42. The number of carbonyl (C=O) groups excluding carboxylic acids is 1. The Morgan fingerprint density at radius 3 is 2.50 bits per heavy atom. The number of anilines is 2. The molecule has 0 aliphatic carbocycles. The first-order valence-electron chi connectivity index (χ1n) is 6.96. The van der Waals surface area contributed by atoms with E-state index in [2.05, 4.69) is 15.3 Å². The molecule has 1 aromatic carbocycles. The summed E-state index contributed by atoms with van der Waals surface area (Å²) in [6.07, 6.45) is 1.41. The molecule has 0 aliphatic rings. The highest BCUT2D eigenvalue weighted by atomic mass is 16.5. The summed E-state index contributed by atoms with van der Waals surface area (Å²) in [5, 5.41) is 2.88. The Balaban J connectivity index is 2.28. The third-order valence-electron chi connectivity index (χ3n) is 3.35. The van der Waals surface area contributed by atoms with Gasteiger partial charge < -0.3 is 15.0 Å². The topological polar surface area (TPSA) is 67.4 Å². The average Bonchev–Trinajstić information content (AvgIpc) is 2.54. The van der Waals surface area contributed by atoms with Gasteiger partial charge in [-0.05, 0) is 12.5 Å². The first-order valence-corrected chi connectivity index (χ1v) is 6.96. The van der Waals surface area contributed by atoms with E-state index in [-0.39, 0.29) is 11.8 Å². The zero-order valence-electron chi connectivity index (χ0n) is 13.2. The molecule has 2 rings (SSSR count). The number of hydrogen-bond donors (Lipinski definition) is 1. The van der Waals surface area contributed by atoms with Gasteiger partial charge in [-0.3, -0.25) is 4.79 Å². The van der Waals surface area contributed by atoms with Crippen LogP contribution in [0.15, 0.2) is 36.7 Å². The van der Waals surface area contributed by atoms with Gasteiger partial charge in [0, 0.05) is 14.1 Å². The lowest BCUT2D eigenvalue weighted by Gasteiger charge is -2.19. The van der Waals surface area contributed by atoms with E-state index in [9.17, 15) is 4.79 Å². The largest absolute Gasteiger partial charge is 0.479 e. The van der Waals surface area contributed by atoms with Crippen molar-refractivity contribution in [1.29, 1.82) is 0 Å². The van der Waals surface area contributed by atoms with Gasteiger partial charge in [0.1, 0.15) is 12.0 Å². The fraction of sp³-hybridized carbons (Fsp3) is 0.312. The maximum atomic E-state index is 12.5. The zero-order chi connectivity index (χ0) is 16.1. The Bertz CT molecular complexity index is 644. The third-order valence-corrected chi connectivity index (χ3v) is 3.35. The molecule has 0 aliphatic heterocycles. The van der Waals surface area contributed by atoms with Crippen LogP contribution in [0.3, 0.4) is 0 Å². The molecule has 0 spiro atoms. The highest BCUT2D eigenvalue weighted by molar-refractivity contribution is 5.99. The number of nitrogens with one attached hydrogen (secondary N) is 1. The first-order chi connectivity index (χ1) is 10.5. The van der Waals surface area contributed by atoms with Gasteiger partial charge in [-0.15, -0.1) is 0 Å². The van der Waals surface area contributed by atoms with Crippen LogP contribution in [-0.4, -0.2) is 37.1 Å². The lowest BCUT2D eigenvalue weighted by molar-refractivity contribution is -0.117. The molecule has 116 valence electrons. The summed E-state index contributed by atoms with van der Waals surface area (Å²) < 4.78 is 5.23. The molecule has 6 nitrogen and oxygen atoms in total. The molecular weight excluding hydrogens is 280 g/mol. The molecule has 0 fully saturated rings. The molecule has 0 radical (unpaired) electrons. The lowest BCUT2D eigenvalue weighted by Crippen LogP contribution is -2.22. The van der Waals surface area contributed by atoms with Crippen LogP contribution in [0.4, 0.5) is 11.5 Å². The smallest absolute Gasteiger partial charge is 0.242 e. The van der Waals surface area contributed by atoms with E-state index in [0.29, 0.717) is 17.4 Å². The second-order valence-corrected chi connectivity index (χ2v) is 5.10. The minimum absolute atomic E-state index is 0.137. The molecule has 0 unspecified atom stereocenters. The number of ether oxygens (including phenoxy) is 1. The second-order valence-electron chi connectivity index (χ2n) is 5.10. The summed E-state index contributed by atoms with van der Waals surface area (Å²) in [6.45, 7) is 1.86. The van der Waals surface area contributed by atoms with Crippen molar-refractivity contribution >= 4 is 17.4 Å². The molecular formula is C16H20N4O2. The Kier molecular flexibility index (Phi) is 4.93. The minimum atomic E-state index is -0.291. The molecule has 6 heteroatoms. The van der Waals surface area contributed by atoms with Crippen LogP contribution < -0.4 is 15.0 Å². The summed E-state index contributed by atoms with van der Waals surface area (Å²) in [7, 11) is 5.20. The molecule has 0 saturated carbocycles. The minimum Gasteiger partial charge on any atom is -0.479 e. The first kappa shape index (κ1) is 15.8. The summed E-state index contributed by atoms with van der Waals surface area (Å²) in [4.78, 5) is 22.6. The Labute approximate surface area is 130 Å². The fourth-order valence-corrected chi connectivity index (χ4v) is 2.09. The summed E-state index contributed by atoms with van der Waals surface area (Å²) >= 11 is 0. The van der Waals surface area contributed by atoms with Crippen LogP contribution in [0.25, 0.3) is 0 Å². The highest BCUT2D eigenvalue weighted by Gasteiger charge is 2.21. The van der Waals surface area contributed by atoms with Crippen molar-refractivity contribution in [2.75, 3.05) is 31.4 Å². The van der Waals surface area contributed by atoms with Crippen molar-refractivity contribution < 1.29 is 9.53 Å². The number of amides is 1. The highest BCUT2D eigenvalue weighted by Crippen LogP contribution is 2.31. The SMILES string of the molecule is COc1ncnc(N(C)C)c1NC(=O)[C@H](C)c1ccccc1. The molecule has 1 aromatic heterocycles. The number of carbonyl (C=O) groups is 1. The van der Waals surface area contributed by atoms with Gasteiger partial charge >= 0.3 is 0 Å². The molecule has 1 amide bonds. The molecule has 0 bridgehead atoms. The Morgan fingerprint density at radius 1 is 1.23 bits per heavy atom. The van der Waals surface area contributed by atoms with Crippen molar-refractivity contribution in [1.82, 2.24) is 9.97 Å². The molecule has 1 N–H and O–H groups in total. The maximum Gasteiger partial charge on any atom is 0.242 e. The number of benzene rings is 1. The Morgan fingerprint density at radius 2 is 1.91 bits per heavy atom. The van der Waals surface area contributed by atoms with Gasteiger partial charge in [0.05, 0.1) is 13.0 Å². The van der Waals surface area contributed by atoms with E-state index >= 15 is 0 Å². The number of nitrogens with zero attached hydrogens (tertiary/aromatic N) is 3. The van der Waals surface area contributed by atoms with Gasteiger partial charge in [0.15, 0.2) is 5.82 Å². The van der Waals surface area contributed by atoms with Gasteiger partial charge in [-0.25, -0.2) is 4.98 Å². The standard InChI is InChI=1S/C16H20N4O2/c1-11(12-8-6-5-7-9-12)15(21)19-13-14(20(2)3)17-10-18-16(13)22-4/h5-11H,1-4H3,(H,19,21)/t11-/m1/s1. The van der Waals surface area contributed by atoms with Crippen molar-refractivity contribution in [3.63, 3.8) is 0 Å². The second kappa shape index (κ2) is 6.89. The predicted molar refractivity (Wildman–Crippen MR) is 86.4 cm³/mol. The molecule has 0 saturated heterocycles. The molecule has 1 heterocycles. The summed E-state index contributed by atoms with van der Waals surface area (Å²) in [6, 6.07) is 9.60. The van der Waals surface area contributed by atoms with Gasteiger partial charge in [0.2, 0.25) is 11.8 Å². The predicted octanol–water partition coefficient (Wildman–Crippen LogP) is 2.29. The normalized spacial score (nSPS) is 11.6. The fourth-order valence-electron chi connectivity index (χ4n) is 2.09. The van der Waals surface area contributed by atoms with Crippen LogP contribution >= 0.6 is 0 Å². The molecule has 22 heavy (non-hydrogen) atoms. The van der Waals surface area contributed by atoms with E-state index < -0.39 is 0 Å². The van der Waals surface area contributed by atoms with Gasteiger partial charge in [-0.1, -0.05) is 30.3 Å². The van der Waals surface area contributed by atoms with E-state index in [1.165, 1.54) is 13.4 Å². The Hall–Kier alpha value is -2.63. The van der Waals surface area contributed by atoms with Crippen molar-refractivity contribution in [2.45, 2.75) is 12.8 Å². The van der Waals surface area contributed by atoms with E-state index in [1.54, 1.807) is 4.90 Å². The summed E-state index contributed by atoms with van der Waals surface area (Å²) in [5.74, 6) is 0.510. The van der Waals surface area contributed by atoms with Crippen molar-refractivity contribution in [2.24, 2.45) is 0 Å². The van der Waals surface area contributed by atoms with E-state index in [4.69, 9.17) is 4.74 Å². The van der Waals surface area contributed by atoms with Crippen molar-refractivity contribution in [3.8, 4) is 5.88 Å². The zero-order valence-corrected chi connectivity index (χ0v) is 13.2. The van der Waals surface area contributed by atoms with Gasteiger partial charge in [-0.2, -0.15) is 4.98 Å². The number of hydrogen-bond acceptors (Lipinski definition) is 5. The number of aromatic nitrogens is 2. The third kappa shape index (κ3) is 3.33. The van der Waals surface area contributed by atoms with Crippen LogP contribution in [0.1, 0.15) is 18.4 Å².